The molecule has 0 aliphatic carbocycles. The molecule has 0 spiro atoms. The Morgan fingerprint density at radius 1 is 1.50 bits per heavy atom. The third kappa shape index (κ3) is 2.81. The third-order valence-corrected chi connectivity index (χ3v) is 3.80. The molecule has 0 saturated heterocycles. The van der Waals surface area contributed by atoms with Gasteiger partial charge in [-0.25, -0.2) is 0 Å². The predicted molar refractivity (Wildman–Crippen MR) is 79.2 cm³/mol. The van der Waals surface area contributed by atoms with Crippen LogP contribution in [-0.4, -0.2) is 22.4 Å². The molecule has 1 N–H and O–H groups in total. The van der Waals surface area contributed by atoms with Crippen molar-refractivity contribution in [2.24, 2.45) is 7.05 Å². The molecule has 0 radical (unpaired) electrons. The molecule has 0 saturated carbocycles. The van der Waals surface area contributed by atoms with Crippen LogP contribution in [0.3, 0.4) is 0 Å². The summed E-state index contributed by atoms with van der Waals surface area (Å²) in [6.07, 6.45) is 3.14. The summed E-state index contributed by atoms with van der Waals surface area (Å²) in [7, 11) is 1.94. The molecule has 3 rings (SSSR count). The number of aromatic nitrogens is 2. The van der Waals surface area contributed by atoms with Gasteiger partial charge in [-0.05, 0) is 30.7 Å². The van der Waals surface area contributed by atoms with Crippen molar-refractivity contribution >= 4 is 11.6 Å². The molecule has 1 aromatic heterocycles. The monoisotopic (exact) mass is 291 g/mol. The Bertz CT molecular complexity index is 624. The molecule has 1 aliphatic heterocycles. The maximum atomic E-state index is 5.99. The van der Waals surface area contributed by atoms with Gasteiger partial charge in [0.15, 0.2) is 0 Å². The van der Waals surface area contributed by atoms with E-state index in [1.165, 1.54) is 11.1 Å². The van der Waals surface area contributed by atoms with Gasteiger partial charge in [-0.1, -0.05) is 11.6 Å². The highest BCUT2D eigenvalue weighted by Gasteiger charge is 2.22. The zero-order valence-corrected chi connectivity index (χ0v) is 12.4. The number of nitrogens with one attached hydrogen (secondary N) is 1. The largest absolute Gasteiger partial charge is 0.488 e. The highest BCUT2D eigenvalue weighted by molar-refractivity contribution is 6.30. The molecule has 1 aromatic carbocycles. The second-order valence-electron chi connectivity index (χ2n) is 5.24. The van der Waals surface area contributed by atoms with Crippen molar-refractivity contribution in [3.63, 3.8) is 0 Å². The van der Waals surface area contributed by atoms with E-state index in [4.69, 9.17) is 16.3 Å². The average molecular weight is 292 g/mol. The summed E-state index contributed by atoms with van der Waals surface area (Å²) in [6, 6.07) is 5.81. The van der Waals surface area contributed by atoms with E-state index >= 15 is 0 Å². The molecule has 1 atom stereocenters. The van der Waals surface area contributed by atoms with Crippen molar-refractivity contribution in [3.8, 4) is 5.75 Å². The van der Waals surface area contributed by atoms with Crippen molar-refractivity contribution in [2.45, 2.75) is 26.0 Å². The van der Waals surface area contributed by atoms with Gasteiger partial charge in [-0.2, -0.15) is 5.10 Å². The van der Waals surface area contributed by atoms with Crippen LogP contribution in [0.25, 0.3) is 0 Å². The van der Waals surface area contributed by atoms with E-state index in [1.54, 1.807) is 0 Å². The van der Waals surface area contributed by atoms with Crippen LogP contribution >= 0.6 is 11.6 Å². The number of hydrogen-bond donors (Lipinski definition) is 1. The molecule has 4 nitrogen and oxygen atoms in total. The van der Waals surface area contributed by atoms with Crippen LogP contribution in [0.4, 0.5) is 0 Å². The second-order valence-corrected chi connectivity index (χ2v) is 5.68. The van der Waals surface area contributed by atoms with E-state index in [2.05, 4.69) is 10.4 Å². The lowest BCUT2D eigenvalue weighted by Crippen LogP contribution is -2.29. The lowest BCUT2D eigenvalue weighted by Gasteiger charge is -2.11. The smallest absolute Gasteiger partial charge is 0.123 e. The van der Waals surface area contributed by atoms with Crippen molar-refractivity contribution in [1.29, 1.82) is 0 Å². The van der Waals surface area contributed by atoms with Crippen molar-refractivity contribution in [3.05, 3.63) is 46.2 Å². The van der Waals surface area contributed by atoms with Gasteiger partial charge in [-0.15, -0.1) is 0 Å². The number of nitrogens with zero attached hydrogens (tertiary/aromatic N) is 2. The van der Waals surface area contributed by atoms with E-state index < -0.39 is 0 Å². The summed E-state index contributed by atoms with van der Waals surface area (Å²) in [5, 5.41) is 8.54. The Morgan fingerprint density at radius 3 is 3.10 bits per heavy atom. The van der Waals surface area contributed by atoms with E-state index in [0.717, 1.165) is 36.0 Å². The molecule has 2 aromatic rings. The van der Waals surface area contributed by atoms with Crippen LogP contribution < -0.4 is 10.1 Å². The fraction of sp³-hybridized carbons (Fsp3) is 0.400. The fourth-order valence-corrected chi connectivity index (χ4v) is 2.79. The zero-order valence-electron chi connectivity index (χ0n) is 11.7. The number of fused-ring (bicyclic) bond motifs is 1. The SMILES string of the molecule is Cc1nn(C)cc1CNCC1Cc2cc(Cl)ccc2O1. The van der Waals surface area contributed by atoms with E-state index in [1.807, 2.05) is 43.0 Å². The van der Waals surface area contributed by atoms with Gasteiger partial charge < -0.3 is 10.1 Å². The quantitative estimate of drug-likeness (QED) is 0.941. The first-order valence-corrected chi connectivity index (χ1v) is 7.14. The van der Waals surface area contributed by atoms with Gasteiger partial charge >= 0.3 is 0 Å². The Labute approximate surface area is 123 Å². The average Bonchev–Trinajstić information content (AvgIpc) is 2.92. The summed E-state index contributed by atoms with van der Waals surface area (Å²) in [5.74, 6) is 0.957. The van der Waals surface area contributed by atoms with Gasteiger partial charge in [-0.3, -0.25) is 4.68 Å². The van der Waals surface area contributed by atoms with E-state index in [0.29, 0.717) is 0 Å². The molecular formula is C15H18ClN3O. The Hall–Kier alpha value is -1.52. The van der Waals surface area contributed by atoms with Crippen LogP contribution in [-0.2, 0) is 20.0 Å². The molecule has 0 amide bonds. The van der Waals surface area contributed by atoms with Crippen molar-refractivity contribution < 1.29 is 4.74 Å². The maximum Gasteiger partial charge on any atom is 0.123 e. The summed E-state index contributed by atoms with van der Waals surface area (Å²) in [5.41, 5.74) is 3.50. The minimum atomic E-state index is 0.181. The number of hydrogen-bond acceptors (Lipinski definition) is 3. The molecule has 5 heteroatoms. The van der Waals surface area contributed by atoms with Crippen molar-refractivity contribution in [2.75, 3.05) is 6.54 Å². The number of benzene rings is 1. The van der Waals surface area contributed by atoms with E-state index in [9.17, 15) is 0 Å². The first-order chi connectivity index (χ1) is 9.61. The summed E-state index contributed by atoms with van der Waals surface area (Å²) < 4.78 is 7.74. The Morgan fingerprint density at radius 2 is 2.35 bits per heavy atom. The van der Waals surface area contributed by atoms with Crippen LogP contribution in [0.2, 0.25) is 5.02 Å². The first kappa shape index (κ1) is 13.5. The van der Waals surface area contributed by atoms with Gasteiger partial charge in [0.2, 0.25) is 0 Å². The summed E-state index contributed by atoms with van der Waals surface area (Å²) in [4.78, 5) is 0. The number of halogens is 1. The molecule has 2 heterocycles. The van der Waals surface area contributed by atoms with Gasteiger partial charge in [0.25, 0.3) is 0 Å². The van der Waals surface area contributed by atoms with Crippen LogP contribution in [0.5, 0.6) is 5.75 Å². The molecular weight excluding hydrogens is 274 g/mol. The zero-order chi connectivity index (χ0) is 14.1. The van der Waals surface area contributed by atoms with Crippen LogP contribution in [0.1, 0.15) is 16.8 Å². The first-order valence-electron chi connectivity index (χ1n) is 6.77. The van der Waals surface area contributed by atoms with Crippen molar-refractivity contribution in [1.82, 2.24) is 15.1 Å². The summed E-state index contributed by atoms with van der Waals surface area (Å²) >= 11 is 5.99. The van der Waals surface area contributed by atoms with E-state index in [-0.39, 0.29) is 6.10 Å². The standard InChI is InChI=1S/C15H18ClN3O/c1-10-12(9-19(2)18-10)7-17-8-14-6-11-5-13(16)3-4-15(11)20-14/h3-5,9,14,17H,6-8H2,1-2H3. The number of rotatable bonds is 4. The normalized spacial score (nSPS) is 17.1. The minimum absolute atomic E-state index is 0.181. The molecule has 1 unspecified atom stereocenters. The molecule has 1 aliphatic rings. The van der Waals surface area contributed by atoms with Gasteiger partial charge in [0, 0.05) is 43.3 Å². The maximum absolute atomic E-state index is 5.99. The molecule has 20 heavy (non-hydrogen) atoms. The lowest BCUT2D eigenvalue weighted by molar-refractivity contribution is 0.227. The summed E-state index contributed by atoms with van der Waals surface area (Å²) in [6.45, 7) is 3.66. The second kappa shape index (κ2) is 5.46. The molecule has 0 fully saturated rings. The van der Waals surface area contributed by atoms with Crippen LogP contribution in [0, 0.1) is 6.92 Å². The molecule has 0 bridgehead atoms. The van der Waals surface area contributed by atoms with Crippen LogP contribution in [0.15, 0.2) is 24.4 Å². The number of ether oxygens (including phenoxy) is 1. The Kier molecular flexibility index (Phi) is 3.68. The Balaban J connectivity index is 1.53. The third-order valence-electron chi connectivity index (χ3n) is 3.57. The minimum Gasteiger partial charge on any atom is -0.488 e. The number of aryl methyl sites for hydroxylation is 2. The highest BCUT2D eigenvalue weighted by atomic mass is 35.5. The van der Waals surface area contributed by atoms with Gasteiger partial charge in [0.1, 0.15) is 11.9 Å². The molecule has 106 valence electrons. The van der Waals surface area contributed by atoms with Gasteiger partial charge in [0.05, 0.1) is 5.69 Å². The predicted octanol–water partition coefficient (Wildman–Crippen LogP) is 2.48. The fourth-order valence-electron chi connectivity index (χ4n) is 2.59. The topological polar surface area (TPSA) is 39.1 Å². The lowest BCUT2D eigenvalue weighted by atomic mass is 10.1. The highest BCUT2D eigenvalue weighted by Crippen LogP contribution is 2.30.